The third kappa shape index (κ3) is 3.35. The predicted octanol–water partition coefficient (Wildman–Crippen LogP) is 1.91. The van der Waals surface area contributed by atoms with Crippen molar-refractivity contribution in [3.63, 3.8) is 0 Å². The van der Waals surface area contributed by atoms with E-state index in [-0.39, 0.29) is 6.10 Å². The van der Waals surface area contributed by atoms with E-state index in [1.807, 2.05) is 0 Å². The third-order valence-corrected chi connectivity index (χ3v) is 2.70. The van der Waals surface area contributed by atoms with Crippen LogP contribution in [-0.2, 0) is 4.79 Å². The molecule has 2 nitrogen and oxygen atoms in total. The number of carbonyl (C=O) groups is 1. The maximum atomic E-state index is 10.1. The highest BCUT2D eigenvalue weighted by molar-refractivity contribution is 5.49. The predicted molar refractivity (Wildman–Crippen MR) is 47.9 cm³/mol. The average Bonchev–Trinajstić information content (AvgIpc) is 2.06. The monoisotopic (exact) mass is 170 g/mol. The minimum Gasteiger partial charge on any atom is -0.393 e. The Morgan fingerprint density at radius 1 is 1.33 bits per heavy atom. The molecule has 1 saturated carbocycles. The molecule has 0 aromatic carbocycles. The zero-order chi connectivity index (χ0) is 8.81. The van der Waals surface area contributed by atoms with E-state index in [0.717, 1.165) is 12.7 Å². The van der Waals surface area contributed by atoms with Gasteiger partial charge in [-0.15, -0.1) is 0 Å². The lowest BCUT2D eigenvalue weighted by atomic mass is 9.85. The number of hydrogen-bond acceptors (Lipinski definition) is 2. The van der Waals surface area contributed by atoms with Crippen LogP contribution in [-0.4, -0.2) is 17.5 Å². The largest absolute Gasteiger partial charge is 0.393 e. The second-order valence-corrected chi connectivity index (χ2v) is 3.80. The van der Waals surface area contributed by atoms with Gasteiger partial charge in [-0.05, 0) is 12.3 Å². The lowest BCUT2D eigenvalue weighted by molar-refractivity contribution is -0.109. The molecular formula is C10H18O2. The Kier molecular flexibility index (Phi) is 4.30. The molecule has 70 valence electrons. The Balaban J connectivity index is 2.15. The summed E-state index contributed by atoms with van der Waals surface area (Å²) < 4.78 is 0. The van der Waals surface area contributed by atoms with Gasteiger partial charge < -0.3 is 9.90 Å². The van der Waals surface area contributed by atoms with E-state index in [2.05, 4.69) is 0 Å². The van der Waals surface area contributed by atoms with Gasteiger partial charge in [0.1, 0.15) is 6.29 Å². The van der Waals surface area contributed by atoms with Crippen LogP contribution in [0.15, 0.2) is 0 Å². The number of aliphatic hydroxyl groups excluding tert-OH is 1. The van der Waals surface area contributed by atoms with Crippen LogP contribution in [0, 0.1) is 5.92 Å². The summed E-state index contributed by atoms with van der Waals surface area (Å²) in [4.78, 5) is 10.1. The minimum atomic E-state index is -0.384. The minimum absolute atomic E-state index is 0.316. The van der Waals surface area contributed by atoms with Gasteiger partial charge in [-0.3, -0.25) is 0 Å². The summed E-state index contributed by atoms with van der Waals surface area (Å²) in [6.07, 6.45) is 8.02. The Morgan fingerprint density at radius 3 is 2.58 bits per heavy atom. The van der Waals surface area contributed by atoms with Crippen molar-refractivity contribution in [2.45, 2.75) is 51.0 Å². The summed E-state index contributed by atoms with van der Waals surface area (Å²) in [6.45, 7) is 0. The molecule has 1 N–H and O–H groups in total. The summed E-state index contributed by atoms with van der Waals surface area (Å²) in [6, 6.07) is 0. The highest BCUT2D eigenvalue weighted by atomic mass is 16.3. The Morgan fingerprint density at radius 2 is 2.00 bits per heavy atom. The summed E-state index contributed by atoms with van der Waals surface area (Å²) >= 11 is 0. The van der Waals surface area contributed by atoms with Crippen molar-refractivity contribution >= 4 is 6.29 Å². The standard InChI is InChI=1S/C10H18O2/c11-7-6-10(12)8-9-4-2-1-3-5-9/h7,9-10,12H,1-6,8H2. The van der Waals surface area contributed by atoms with E-state index in [1.54, 1.807) is 0 Å². The van der Waals surface area contributed by atoms with E-state index in [0.29, 0.717) is 12.3 Å². The second kappa shape index (κ2) is 5.31. The molecule has 1 unspecified atom stereocenters. The maximum absolute atomic E-state index is 10.1. The summed E-state index contributed by atoms with van der Waals surface area (Å²) in [5.41, 5.74) is 0. The molecule has 1 rings (SSSR count). The first kappa shape index (κ1) is 9.72. The molecule has 0 heterocycles. The average molecular weight is 170 g/mol. The van der Waals surface area contributed by atoms with Gasteiger partial charge in [0.05, 0.1) is 6.10 Å². The Hall–Kier alpha value is -0.370. The van der Waals surface area contributed by atoms with Crippen LogP contribution < -0.4 is 0 Å². The van der Waals surface area contributed by atoms with Crippen molar-refractivity contribution in [3.8, 4) is 0 Å². The van der Waals surface area contributed by atoms with Crippen LogP contribution in [0.1, 0.15) is 44.9 Å². The van der Waals surface area contributed by atoms with Gasteiger partial charge in [-0.2, -0.15) is 0 Å². The van der Waals surface area contributed by atoms with Crippen LogP contribution in [0.5, 0.6) is 0 Å². The lowest BCUT2D eigenvalue weighted by Gasteiger charge is -2.23. The Bertz CT molecular complexity index is 128. The number of aldehydes is 1. The van der Waals surface area contributed by atoms with Crippen LogP contribution in [0.2, 0.25) is 0 Å². The Labute approximate surface area is 74.0 Å². The van der Waals surface area contributed by atoms with E-state index in [1.165, 1.54) is 32.1 Å². The zero-order valence-corrected chi connectivity index (χ0v) is 7.54. The van der Waals surface area contributed by atoms with Crippen LogP contribution in [0.25, 0.3) is 0 Å². The smallest absolute Gasteiger partial charge is 0.122 e. The molecule has 0 spiro atoms. The molecule has 0 bridgehead atoms. The first-order valence-corrected chi connectivity index (χ1v) is 4.94. The van der Waals surface area contributed by atoms with Crippen LogP contribution in [0.3, 0.4) is 0 Å². The van der Waals surface area contributed by atoms with Gasteiger partial charge in [0.25, 0.3) is 0 Å². The maximum Gasteiger partial charge on any atom is 0.122 e. The SMILES string of the molecule is O=CCC(O)CC1CCCCC1. The summed E-state index contributed by atoms with van der Waals surface area (Å²) in [7, 11) is 0. The first-order chi connectivity index (χ1) is 5.83. The zero-order valence-electron chi connectivity index (χ0n) is 7.54. The van der Waals surface area contributed by atoms with Gasteiger partial charge in [-0.25, -0.2) is 0 Å². The van der Waals surface area contributed by atoms with Gasteiger partial charge in [-0.1, -0.05) is 32.1 Å². The molecule has 0 radical (unpaired) electrons. The van der Waals surface area contributed by atoms with Crippen molar-refractivity contribution < 1.29 is 9.90 Å². The van der Waals surface area contributed by atoms with Gasteiger partial charge in [0.15, 0.2) is 0 Å². The fourth-order valence-corrected chi connectivity index (χ4v) is 2.01. The number of rotatable bonds is 4. The molecule has 1 atom stereocenters. The van der Waals surface area contributed by atoms with E-state index < -0.39 is 0 Å². The second-order valence-electron chi connectivity index (χ2n) is 3.80. The third-order valence-electron chi connectivity index (χ3n) is 2.70. The van der Waals surface area contributed by atoms with Crippen molar-refractivity contribution in [1.29, 1.82) is 0 Å². The normalized spacial score (nSPS) is 22.1. The molecule has 0 aliphatic heterocycles. The number of aliphatic hydroxyl groups is 1. The molecule has 0 aromatic heterocycles. The quantitative estimate of drug-likeness (QED) is 0.654. The van der Waals surface area contributed by atoms with Gasteiger partial charge in [0, 0.05) is 6.42 Å². The van der Waals surface area contributed by atoms with Crippen LogP contribution >= 0.6 is 0 Å². The van der Waals surface area contributed by atoms with Crippen molar-refractivity contribution in [2.75, 3.05) is 0 Å². The molecular weight excluding hydrogens is 152 g/mol. The van der Waals surface area contributed by atoms with Gasteiger partial charge in [0.2, 0.25) is 0 Å². The lowest BCUT2D eigenvalue weighted by Crippen LogP contribution is -2.16. The topological polar surface area (TPSA) is 37.3 Å². The van der Waals surface area contributed by atoms with E-state index in [4.69, 9.17) is 0 Å². The molecule has 0 amide bonds. The molecule has 0 saturated heterocycles. The molecule has 12 heavy (non-hydrogen) atoms. The first-order valence-electron chi connectivity index (χ1n) is 4.94. The fraction of sp³-hybridized carbons (Fsp3) is 0.900. The molecule has 1 aliphatic carbocycles. The van der Waals surface area contributed by atoms with Gasteiger partial charge >= 0.3 is 0 Å². The van der Waals surface area contributed by atoms with Crippen molar-refractivity contribution in [2.24, 2.45) is 5.92 Å². The summed E-state index contributed by atoms with van der Waals surface area (Å²) in [5.74, 6) is 0.675. The number of hydrogen-bond donors (Lipinski definition) is 1. The van der Waals surface area contributed by atoms with Crippen LogP contribution in [0.4, 0.5) is 0 Å². The van der Waals surface area contributed by atoms with Crippen molar-refractivity contribution in [1.82, 2.24) is 0 Å². The highest BCUT2D eigenvalue weighted by Gasteiger charge is 2.16. The molecule has 0 aromatic rings. The summed E-state index contributed by atoms with van der Waals surface area (Å²) in [5, 5.41) is 9.37. The molecule has 1 aliphatic rings. The van der Waals surface area contributed by atoms with E-state index >= 15 is 0 Å². The number of carbonyl (C=O) groups excluding carboxylic acids is 1. The molecule has 1 fully saturated rings. The van der Waals surface area contributed by atoms with E-state index in [9.17, 15) is 9.90 Å². The molecule has 2 heteroatoms. The fourth-order valence-electron chi connectivity index (χ4n) is 2.01. The van der Waals surface area contributed by atoms with Crippen molar-refractivity contribution in [3.05, 3.63) is 0 Å². The highest BCUT2D eigenvalue weighted by Crippen LogP contribution is 2.27.